The van der Waals surface area contributed by atoms with Crippen LogP contribution in [0.25, 0.3) is 0 Å². The highest BCUT2D eigenvalue weighted by atomic mass is 16.7. The van der Waals surface area contributed by atoms with Gasteiger partial charge in [0.15, 0.2) is 5.78 Å². The summed E-state index contributed by atoms with van der Waals surface area (Å²) in [5.74, 6) is -0.435. The molecule has 0 aliphatic heterocycles. The van der Waals surface area contributed by atoms with Crippen molar-refractivity contribution in [1.82, 2.24) is 0 Å². The number of Topliss-reactive ketones (excluding diaryl/α,β-unsaturated/α-hetero) is 1. The van der Waals surface area contributed by atoms with E-state index >= 15 is 0 Å². The van der Waals surface area contributed by atoms with Crippen molar-refractivity contribution < 1.29 is 57.1 Å². The Hall–Kier alpha value is -2.28. The average molecular weight is 477 g/mol. The Bertz CT molecular complexity index is 357. The van der Waals surface area contributed by atoms with E-state index in [1.807, 2.05) is 6.92 Å². The number of methoxy groups -OCH3 is 8. The molecule has 0 aromatic carbocycles. The van der Waals surface area contributed by atoms with Gasteiger partial charge in [-0.2, -0.15) is 0 Å². The Morgan fingerprint density at radius 1 is 0.562 bits per heavy atom. The van der Waals surface area contributed by atoms with E-state index in [1.165, 1.54) is 49.6 Å². The molecular formula is C20H44O12. The quantitative estimate of drug-likeness (QED) is 0.408. The van der Waals surface area contributed by atoms with Gasteiger partial charge in [0.1, 0.15) is 13.2 Å². The van der Waals surface area contributed by atoms with Gasteiger partial charge in [0.05, 0.1) is 28.4 Å². The maximum Gasteiger partial charge on any atom is 0.507 e. The first-order valence-corrected chi connectivity index (χ1v) is 9.15. The predicted molar refractivity (Wildman–Crippen MR) is 119 cm³/mol. The van der Waals surface area contributed by atoms with Crippen LogP contribution < -0.4 is 0 Å². The Kier molecular flexibility index (Phi) is 63.7. The number of esters is 2. The molecule has 0 rings (SSSR count). The predicted octanol–water partition coefficient (Wildman–Crippen LogP) is 1.91. The van der Waals surface area contributed by atoms with E-state index in [-0.39, 0.29) is 30.9 Å². The number of carbonyl (C=O) groups is 4. The van der Waals surface area contributed by atoms with Gasteiger partial charge in [-0.15, -0.1) is 0 Å². The van der Waals surface area contributed by atoms with Gasteiger partial charge in [0.25, 0.3) is 0 Å². The lowest BCUT2D eigenvalue weighted by Crippen LogP contribution is -2.07. The lowest BCUT2D eigenvalue weighted by molar-refractivity contribution is -0.144. The van der Waals surface area contributed by atoms with Crippen LogP contribution in [0.2, 0.25) is 0 Å². The van der Waals surface area contributed by atoms with Crippen LogP contribution in [-0.4, -0.2) is 108 Å². The highest BCUT2D eigenvalue weighted by molar-refractivity contribution is 5.76. The number of ketones is 1. The van der Waals surface area contributed by atoms with Crippen LogP contribution >= 0.6 is 0 Å². The summed E-state index contributed by atoms with van der Waals surface area (Å²) in [5.41, 5.74) is 0. The zero-order valence-corrected chi connectivity index (χ0v) is 21.7. The normalized spacial score (nSPS) is 7.62. The summed E-state index contributed by atoms with van der Waals surface area (Å²) in [6, 6.07) is 0. The van der Waals surface area contributed by atoms with E-state index in [0.717, 1.165) is 6.61 Å². The summed E-state index contributed by atoms with van der Waals surface area (Å²) in [6.07, 6.45) is -0.189. The standard InChI is InChI=1S/C4H8O3.2C4H8O2.C3H6O3.C3H8O.C2H6O/c1-6-3-4(5)7-2;1-4(5)3-6-2;1-3-4(5)6-2;1-5-3(4)6-2;1-3-4-2;1-3-2/h3H2,1-2H3;2*3H2,1-2H3;1-2H3;3H2,1-2H3;1-2H3. The van der Waals surface area contributed by atoms with Crippen molar-refractivity contribution in [2.75, 3.05) is 83.8 Å². The van der Waals surface area contributed by atoms with Crippen molar-refractivity contribution in [3.05, 3.63) is 0 Å². The molecule has 0 saturated carbocycles. The van der Waals surface area contributed by atoms with E-state index < -0.39 is 6.16 Å². The van der Waals surface area contributed by atoms with E-state index in [1.54, 1.807) is 28.3 Å². The topological polar surface area (TPSA) is 142 Å². The molecule has 12 heteroatoms. The van der Waals surface area contributed by atoms with Crippen molar-refractivity contribution in [1.29, 1.82) is 0 Å². The first kappa shape index (κ1) is 43.6. The van der Waals surface area contributed by atoms with Crippen molar-refractivity contribution in [2.45, 2.75) is 27.2 Å². The summed E-state index contributed by atoms with van der Waals surface area (Å²) >= 11 is 0. The van der Waals surface area contributed by atoms with E-state index in [9.17, 15) is 19.2 Å². The number of carbonyl (C=O) groups excluding carboxylic acids is 4. The minimum Gasteiger partial charge on any atom is -0.469 e. The minimum absolute atomic E-state index is 0.0382. The third-order valence-electron chi connectivity index (χ3n) is 1.98. The fraction of sp³-hybridized carbons (Fsp3) is 0.800. The number of hydrogen-bond donors (Lipinski definition) is 0. The molecule has 0 saturated heterocycles. The molecule has 0 N–H and O–H groups in total. The molecule has 0 aliphatic carbocycles. The molecule has 0 atom stereocenters. The summed E-state index contributed by atoms with van der Waals surface area (Å²) in [5, 5.41) is 0. The second kappa shape index (κ2) is 46.8. The van der Waals surface area contributed by atoms with Gasteiger partial charge in [-0.3, -0.25) is 9.59 Å². The van der Waals surface area contributed by atoms with Gasteiger partial charge >= 0.3 is 18.1 Å². The average Bonchev–Trinajstić information content (AvgIpc) is 2.79. The van der Waals surface area contributed by atoms with Gasteiger partial charge in [0, 0.05) is 48.6 Å². The first-order chi connectivity index (χ1) is 15.0. The van der Waals surface area contributed by atoms with Crippen molar-refractivity contribution >= 4 is 23.9 Å². The molecule has 0 aliphatic rings. The van der Waals surface area contributed by atoms with E-state index in [0.29, 0.717) is 6.42 Å². The SMILES string of the molecule is CCC(=O)OC.CCOC.COC.COC(=O)OC.COCC(=O)OC.COCC(C)=O. The molecule has 0 spiro atoms. The van der Waals surface area contributed by atoms with E-state index in [4.69, 9.17) is 0 Å². The van der Waals surface area contributed by atoms with Gasteiger partial charge in [-0.25, -0.2) is 9.59 Å². The third-order valence-corrected chi connectivity index (χ3v) is 1.98. The van der Waals surface area contributed by atoms with E-state index in [2.05, 4.69) is 37.9 Å². The molecule has 0 radical (unpaired) electrons. The zero-order valence-electron chi connectivity index (χ0n) is 21.7. The summed E-state index contributed by atoms with van der Waals surface area (Å²) < 4.78 is 34.2. The smallest absolute Gasteiger partial charge is 0.469 e. The molecule has 0 aromatic rings. The molecule has 0 amide bonds. The molecule has 32 heavy (non-hydrogen) atoms. The Morgan fingerprint density at radius 2 is 0.906 bits per heavy atom. The number of rotatable bonds is 6. The Labute approximate surface area is 192 Å². The zero-order chi connectivity index (χ0) is 26.8. The van der Waals surface area contributed by atoms with Gasteiger partial charge < -0.3 is 37.9 Å². The summed E-state index contributed by atoms with van der Waals surface area (Å²) in [6.45, 7) is 6.30. The molecular weight excluding hydrogens is 432 g/mol. The Morgan fingerprint density at radius 3 is 0.938 bits per heavy atom. The molecule has 0 heterocycles. The van der Waals surface area contributed by atoms with Crippen LogP contribution in [0.1, 0.15) is 27.2 Å². The van der Waals surface area contributed by atoms with Crippen LogP contribution in [0.5, 0.6) is 0 Å². The molecule has 0 aromatic heterocycles. The molecule has 0 fully saturated rings. The lowest BCUT2D eigenvalue weighted by atomic mass is 10.5. The molecule has 12 nitrogen and oxygen atoms in total. The second-order valence-corrected chi connectivity index (χ2v) is 4.72. The lowest BCUT2D eigenvalue weighted by Gasteiger charge is -1.92. The monoisotopic (exact) mass is 476 g/mol. The molecule has 196 valence electrons. The maximum atomic E-state index is 10.1. The van der Waals surface area contributed by atoms with Gasteiger partial charge in [0.2, 0.25) is 0 Å². The molecule has 0 bridgehead atoms. The Balaban J connectivity index is -0.0000000645. The summed E-state index contributed by atoms with van der Waals surface area (Å²) in [4.78, 5) is 39.7. The second-order valence-electron chi connectivity index (χ2n) is 4.72. The summed E-state index contributed by atoms with van der Waals surface area (Å²) in [7, 11) is 13.1. The van der Waals surface area contributed by atoms with Crippen molar-refractivity contribution in [2.24, 2.45) is 0 Å². The number of ether oxygens (including phenoxy) is 8. The third kappa shape index (κ3) is 91.3. The fourth-order valence-electron chi connectivity index (χ4n) is 0.608. The highest BCUT2D eigenvalue weighted by Gasteiger charge is 1.93. The largest absolute Gasteiger partial charge is 0.507 e. The fourth-order valence-corrected chi connectivity index (χ4v) is 0.608. The van der Waals surface area contributed by atoms with Crippen molar-refractivity contribution in [3.63, 3.8) is 0 Å². The minimum atomic E-state index is -0.657. The molecule has 0 unspecified atom stereocenters. The van der Waals surface area contributed by atoms with Gasteiger partial charge in [-0.1, -0.05) is 6.92 Å². The van der Waals surface area contributed by atoms with Crippen LogP contribution in [0.4, 0.5) is 4.79 Å². The number of hydrogen-bond acceptors (Lipinski definition) is 12. The van der Waals surface area contributed by atoms with Gasteiger partial charge in [-0.05, 0) is 13.8 Å². The van der Waals surface area contributed by atoms with Crippen LogP contribution in [0.15, 0.2) is 0 Å². The van der Waals surface area contributed by atoms with Crippen LogP contribution in [-0.2, 0) is 52.3 Å². The maximum absolute atomic E-state index is 10.1. The van der Waals surface area contributed by atoms with Crippen LogP contribution in [0, 0.1) is 0 Å². The van der Waals surface area contributed by atoms with Crippen LogP contribution in [0.3, 0.4) is 0 Å². The highest BCUT2D eigenvalue weighted by Crippen LogP contribution is 1.76. The first-order valence-electron chi connectivity index (χ1n) is 9.15. The van der Waals surface area contributed by atoms with Crippen molar-refractivity contribution in [3.8, 4) is 0 Å².